The van der Waals surface area contributed by atoms with Crippen molar-refractivity contribution in [3.8, 4) is 5.75 Å². The van der Waals surface area contributed by atoms with Crippen molar-refractivity contribution in [2.75, 3.05) is 19.0 Å². The normalized spacial score (nSPS) is 11.6. The van der Waals surface area contributed by atoms with Crippen molar-refractivity contribution < 1.29 is 23.8 Å². The Morgan fingerprint density at radius 2 is 2.04 bits per heavy atom. The number of methoxy groups -OCH3 is 1. The Kier molecular flexibility index (Phi) is 7.57. The monoisotopic (exact) mass is 392 g/mol. The number of nitrogens with one attached hydrogen (secondary N) is 1. The molecule has 1 N–H and O–H groups in total. The second-order valence-corrected chi connectivity index (χ2v) is 6.00. The quantitative estimate of drug-likeness (QED) is 0.692. The fourth-order valence-electron chi connectivity index (χ4n) is 2.19. The summed E-state index contributed by atoms with van der Waals surface area (Å²) in [6.07, 6.45) is 0.401. The fraction of sp³-hybridized carbons (Fsp3) is 0.316. The van der Waals surface area contributed by atoms with E-state index >= 15 is 0 Å². The van der Waals surface area contributed by atoms with Crippen LogP contribution in [0, 0.1) is 0 Å². The highest BCUT2D eigenvalue weighted by Crippen LogP contribution is 2.21. The number of anilines is 1. The van der Waals surface area contributed by atoms with E-state index in [1.54, 1.807) is 37.4 Å². The van der Waals surface area contributed by atoms with Gasteiger partial charge in [0, 0.05) is 18.4 Å². The number of esters is 1. The van der Waals surface area contributed by atoms with Gasteiger partial charge < -0.3 is 19.5 Å². The largest absolute Gasteiger partial charge is 0.496 e. The molecule has 0 aliphatic heterocycles. The third kappa shape index (κ3) is 5.94. The fourth-order valence-corrected chi connectivity index (χ4v) is 2.30. The van der Waals surface area contributed by atoms with Crippen molar-refractivity contribution in [2.45, 2.75) is 26.6 Å². The molecule has 144 valence electrons. The van der Waals surface area contributed by atoms with E-state index in [1.165, 1.54) is 13.1 Å². The maximum Gasteiger partial charge on any atom is 0.338 e. The zero-order chi connectivity index (χ0) is 19.8. The molecule has 0 saturated carbocycles. The van der Waals surface area contributed by atoms with Crippen molar-refractivity contribution in [3.05, 3.63) is 52.7 Å². The molecule has 0 fully saturated rings. The molecule has 0 saturated heterocycles. The minimum Gasteiger partial charge on any atom is -0.496 e. The van der Waals surface area contributed by atoms with Gasteiger partial charge in [-0.1, -0.05) is 11.6 Å². The van der Waals surface area contributed by atoms with Gasteiger partial charge >= 0.3 is 5.97 Å². The predicted molar refractivity (Wildman–Crippen MR) is 101 cm³/mol. The minimum absolute atomic E-state index is 0.301. The third-order valence-electron chi connectivity index (χ3n) is 3.61. The van der Waals surface area contributed by atoms with Gasteiger partial charge in [-0.3, -0.25) is 4.79 Å². The van der Waals surface area contributed by atoms with Gasteiger partial charge in [-0.2, -0.15) is 0 Å². The highest BCUT2D eigenvalue weighted by atomic mass is 35.5. The molecule has 0 aliphatic carbocycles. The lowest BCUT2D eigenvalue weighted by Crippen LogP contribution is -2.30. The molecule has 1 aromatic carbocycles. The first-order chi connectivity index (χ1) is 12.9. The van der Waals surface area contributed by atoms with Crippen LogP contribution in [-0.2, 0) is 20.9 Å². The molecule has 2 aromatic rings. The van der Waals surface area contributed by atoms with E-state index in [0.717, 1.165) is 5.56 Å². The van der Waals surface area contributed by atoms with Crippen molar-refractivity contribution in [2.24, 2.45) is 0 Å². The SMILES string of the molecule is CCOCc1cc(C(=O)O[C@@H](C)C(=O)Nc2ccc(Cl)cn2)ccc1OC. The number of aromatic nitrogens is 1. The molecule has 2 rings (SSSR count). The Hall–Kier alpha value is -2.64. The lowest BCUT2D eigenvalue weighted by molar-refractivity contribution is -0.123. The van der Waals surface area contributed by atoms with Crippen LogP contribution < -0.4 is 10.1 Å². The van der Waals surface area contributed by atoms with Crippen molar-refractivity contribution in [1.82, 2.24) is 4.98 Å². The van der Waals surface area contributed by atoms with Crippen molar-refractivity contribution in [3.63, 3.8) is 0 Å². The summed E-state index contributed by atoms with van der Waals surface area (Å²) in [5.41, 5.74) is 1.02. The molecular weight excluding hydrogens is 372 g/mol. The molecule has 0 spiro atoms. The van der Waals surface area contributed by atoms with Crippen LogP contribution in [-0.4, -0.2) is 36.7 Å². The number of halogens is 1. The Labute approximate surface area is 162 Å². The summed E-state index contributed by atoms with van der Waals surface area (Å²) in [6.45, 7) is 4.20. The molecule has 7 nitrogen and oxygen atoms in total. The highest BCUT2D eigenvalue weighted by Gasteiger charge is 2.20. The van der Waals surface area contributed by atoms with Crippen LogP contribution in [0.2, 0.25) is 5.02 Å². The number of amides is 1. The summed E-state index contributed by atoms with van der Waals surface area (Å²) >= 11 is 5.75. The molecule has 0 radical (unpaired) electrons. The first kappa shape index (κ1) is 20.7. The molecule has 1 aromatic heterocycles. The molecule has 8 heteroatoms. The van der Waals surface area contributed by atoms with E-state index in [1.807, 2.05) is 6.92 Å². The van der Waals surface area contributed by atoms with E-state index in [2.05, 4.69) is 10.3 Å². The number of ether oxygens (including phenoxy) is 3. The van der Waals surface area contributed by atoms with E-state index in [4.69, 9.17) is 25.8 Å². The molecule has 1 heterocycles. The number of carbonyl (C=O) groups excluding carboxylic acids is 2. The summed E-state index contributed by atoms with van der Waals surface area (Å²) in [5.74, 6) is -0.196. The number of carbonyl (C=O) groups is 2. The number of hydrogen-bond donors (Lipinski definition) is 1. The lowest BCUT2D eigenvalue weighted by Gasteiger charge is -2.14. The van der Waals surface area contributed by atoms with Gasteiger partial charge in [-0.25, -0.2) is 9.78 Å². The molecule has 27 heavy (non-hydrogen) atoms. The summed E-state index contributed by atoms with van der Waals surface area (Å²) in [5, 5.41) is 3.01. The molecule has 1 amide bonds. The molecule has 0 aliphatic rings. The van der Waals surface area contributed by atoms with Crippen LogP contribution in [0.3, 0.4) is 0 Å². The van der Waals surface area contributed by atoms with Gasteiger partial charge in [-0.05, 0) is 44.2 Å². The smallest absolute Gasteiger partial charge is 0.338 e. The van der Waals surface area contributed by atoms with E-state index in [9.17, 15) is 9.59 Å². The molecular formula is C19H21ClN2O5. The number of hydrogen-bond acceptors (Lipinski definition) is 6. The van der Waals surface area contributed by atoms with E-state index in [0.29, 0.717) is 35.4 Å². The maximum atomic E-state index is 12.4. The zero-order valence-electron chi connectivity index (χ0n) is 15.3. The number of nitrogens with zero attached hydrogens (tertiary/aromatic N) is 1. The Bertz CT molecular complexity index is 795. The van der Waals surface area contributed by atoms with Crippen molar-refractivity contribution >= 4 is 29.3 Å². The number of benzene rings is 1. The van der Waals surface area contributed by atoms with E-state index < -0.39 is 18.0 Å². The van der Waals surface area contributed by atoms with Gasteiger partial charge in [0.2, 0.25) is 0 Å². The lowest BCUT2D eigenvalue weighted by atomic mass is 10.1. The van der Waals surface area contributed by atoms with Crippen LogP contribution >= 0.6 is 11.6 Å². The van der Waals surface area contributed by atoms with Crippen LogP contribution in [0.1, 0.15) is 29.8 Å². The molecule has 1 atom stereocenters. The van der Waals surface area contributed by atoms with Gasteiger partial charge in [0.05, 0.1) is 24.3 Å². The van der Waals surface area contributed by atoms with E-state index in [-0.39, 0.29) is 0 Å². The minimum atomic E-state index is -1.01. The average molecular weight is 393 g/mol. The number of pyridine rings is 1. The summed E-state index contributed by atoms with van der Waals surface area (Å²) in [6, 6.07) is 8.01. The van der Waals surface area contributed by atoms with Crippen LogP contribution in [0.15, 0.2) is 36.5 Å². The van der Waals surface area contributed by atoms with Crippen molar-refractivity contribution in [1.29, 1.82) is 0 Å². The third-order valence-corrected chi connectivity index (χ3v) is 3.83. The summed E-state index contributed by atoms with van der Waals surface area (Å²) in [7, 11) is 1.54. The first-order valence-corrected chi connectivity index (χ1v) is 8.70. The van der Waals surface area contributed by atoms with Crippen LogP contribution in [0.25, 0.3) is 0 Å². The topological polar surface area (TPSA) is 86.8 Å². The van der Waals surface area contributed by atoms with Gasteiger partial charge in [0.25, 0.3) is 5.91 Å². The van der Waals surface area contributed by atoms with Gasteiger partial charge in [0.15, 0.2) is 6.10 Å². The van der Waals surface area contributed by atoms with Crippen LogP contribution in [0.4, 0.5) is 5.82 Å². The maximum absolute atomic E-state index is 12.4. The predicted octanol–water partition coefficient (Wildman–Crippen LogP) is 3.46. The Balaban J connectivity index is 2.02. The second-order valence-electron chi connectivity index (χ2n) is 5.56. The zero-order valence-corrected chi connectivity index (χ0v) is 16.1. The second kappa shape index (κ2) is 9.89. The van der Waals surface area contributed by atoms with Crippen LogP contribution in [0.5, 0.6) is 5.75 Å². The standard InChI is InChI=1S/C19H21ClN2O5/c1-4-26-11-14-9-13(5-7-16(14)25-3)19(24)27-12(2)18(23)22-17-8-6-15(20)10-21-17/h5-10,12H,4,11H2,1-3H3,(H,21,22,23)/t12-/m0/s1. The molecule has 0 bridgehead atoms. The first-order valence-electron chi connectivity index (χ1n) is 8.32. The Morgan fingerprint density at radius 1 is 1.26 bits per heavy atom. The summed E-state index contributed by atoms with van der Waals surface area (Å²) in [4.78, 5) is 28.5. The Morgan fingerprint density at radius 3 is 2.67 bits per heavy atom. The highest BCUT2D eigenvalue weighted by molar-refractivity contribution is 6.30. The number of rotatable bonds is 8. The summed E-state index contributed by atoms with van der Waals surface area (Å²) < 4.78 is 15.9. The molecule has 0 unspecified atom stereocenters. The average Bonchev–Trinajstić information content (AvgIpc) is 2.67. The van der Waals surface area contributed by atoms with Gasteiger partial charge in [-0.15, -0.1) is 0 Å². The van der Waals surface area contributed by atoms with Gasteiger partial charge in [0.1, 0.15) is 11.6 Å².